The summed E-state index contributed by atoms with van der Waals surface area (Å²) in [4.78, 5) is 0. The maximum atomic E-state index is 5.90. The first-order chi connectivity index (χ1) is 8.79. The molecule has 0 aliphatic heterocycles. The van der Waals surface area contributed by atoms with Crippen molar-refractivity contribution in [3.8, 4) is 5.75 Å². The van der Waals surface area contributed by atoms with Gasteiger partial charge in [0, 0.05) is 17.8 Å². The predicted octanol–water partition coefficient (Wildman–Crippen LogP) is 3.58. The molecule has 3 N–H and O–H groups in total. The highest BCUT2D eigenvalue weighted by molar-refractivity contribution is 5.61. The zero-order chi connectivity index (χ0) is 12.8. The van der Waals surface area contributed by atoms with E-state index in [0.29, 0.717) is 18.3 Å². The van der Waals surface area contributed by atoms with E-state index in [9.17, 15) is 0 Å². The maximum Gasteiger partial charge on any atom is 0.144 e. The van der Waals surface area contributed by atoms with Crippen LogP contribution in [0, 0.1) is 0 Å². The van der Waals surface area contributed by atoms with Crippen LogP contribution in [0.1, 0.15) is 32.6 Å². The van der Waals surface area contributed by atoms with Crippen molar-refractivity contribution in [3.63, 3.8) is 0 Å². The lowest BCUT2D eigenvalue weighted by Gasteiger charge is -2.21. The summed E-state index contributed by atoms with van der Waals surface area (Å²) >= 11 is 0. The minimum atomic E-state index is 0.526. The second-order valence-corrected chi connectivity index (χ2v) is 4.73. The smallest absolute Gasteiger partial charge is 0.144 e. The Hall–Kier alpha value is -1.64. The van der Waals surface area contributed by atoms with E-state index < -0.39 is 0 Å². The normalized spacial score (nSPS) is 18.6. The summed E-state index contributed by atoms with van der Waals surface area (Å²) < 4.78 is 5.64. The van der Waals surface area contributed by atoms with Gasteiger partial charge in [-0.15, -0.1) is 0 Å². The van der Waals surface area contributed by atoms with Crippen molar-refractivity contribution in [2.45, 2.75) is 38.6 Å². The number of hydrogen-bond donors (Lipinski definition) is 2. The molecule has 0 fully saturated rings. The molecule has 0 heterocycles. The molecule has 1 aliphatic carbocycles. The molecule has 18 heavy (non-hydrogen) atoms. The fourth-order valence-electron chi connectivity index (χ4n) is 2.12. The van der Waals surface area contributed by atoms with Crippen molar-refractivity contribution in [3.05, 3.63) is 30.4 Å². The summed E-state index contributed by atoms with van der Waals surface area (Å²) in [6, 6.07) is 6.46. The molecule has 0 bridgehead atoms. The number of benzene rings is 1. The predicted molar refractivity (Wildman–Crippen MR) is 77.0 cm³/mol. The summed E-state index contributed by atoms with van der Waals surface area (Å²) in [6.45, 7) is 2.80. The molecule has 2 rings (SSSR count). The number of anilines is 2. The van der Waals surface area contributed by atoms with Gasteiger partial charge in [-0.3, -0.25) is 0 Å². The van der Waals surface area contributed by atoms with Crippen LogP contribution in [-0.2, 0) is 0 Å². The topological polar surface area (TPSA) is 47.3 Å². The lowest BCUT2D eigenvalue weighted by atomic mass is 10.0. The summed E-state index contributed by atoms with van der Waals surface area (Å²) in [6.07, 6.45) is 8.92. The van der Waals surface area contributed by atoms with Crippen LogP contribution in [-0.4, -0.2) is 12.6 Å². The highest BCUT2D eigenvalue weighted by Crippen LogP contribution is 2.27. The van der Waals surface area contributed by atoms with Crippen LogP contribution >= 0.6 is 0 Å². The van der Waals surface area contributed by atoms with Crippen LogP contribution < -0.4 is 15.8 Å². The Morgan fingerprint density at radius 2 is 2.28 bits per heavy atom. The molecule has 0 aromatic heterocycles. The van der Waals surface area contributed by atoms with Gasteiger partial charge in [0.25, 0.3) is 0 Å². The van der Waals surface area contributed by atoms with Crippen molar-refractivity contribution < 1.29 is 4.74 Å². The first-order valence-electron chi connectivity index (χ1n) is 6.73. The maximum absolute atomic E-state index is 5.90. The van der Waals surface area contributed by atoms with E-state index in [2.05, 4.69) is 24.4 Å². The van der Waals surface area contributed by atoms with Gasteiger partial charge in [0.1, 0.15) is 5.75 Å². The van der Waals surface area contributed by atoms with Crippen molar-refractivity contribution >= 4 is 11.4 Å². The molecular formula is C15H22N2O. The second-order valence-electron chi connectivity index (χ2n) is 4.73. The monoisotopic (exact) mass is 246 g/mol. The van der Waals surface area contributed by atoms with Gasteiger partial charge < -0.3 is 15.8 Å². The Labute approximate surface area is 109 Å². The molecule has 3 heteroatoms. The SMILES string of the molecule is CCCOc1cc(NC2CC=CCC2)ccc1N. The summed E-state index contributed by atoms with van der Waals surface area (Å²) in [5.74, 6) is 0.785. The molecule has 1 aromatic carbocycles. The third kappa shape index (κ3) is 3.42. The molecule has 1 aromatic rings. The Balaban J connectivity index is 2.01. The van der Waals surface area contributed by atoms with Crippen molar-refractivity contribution in [2.24, 2.45) is 0 Å². The quantitative estimate of drug-likeness (QED) is 0.616. The third-order valence-electron chi connectivity index (χ3n) is 3.12. The van der Waals surface area contributed by atoms with Gasteiger partial charge >= 0.3 is 0 Å². The van der Waals surface area contributed by atoms with Crippen LogP contribution in [0.5, 0.6) is 5.75 Å². The molecule has 0 spiro atoms. The van der Waals surface area contributed by atoms with Gasteiger partial charge in [-0.05, 0) is 37.8 Å². The minimum absolute atomic E-state index is 0.526. The Bertz CT molecular complexity index is 415. The Kier molecular flexibility index (Phi) is 4.51. The molecule has 1 unspecified atom stereocenters. The highest BCUT2D eigenvalue weighted by atomic mass is 16.5. The zero-order valence-corrected chi connectivity index (χ0v) is 11.0. The number of nitrogens with two attached hydrogens (primary N) is 1. The fourth-order valence-corrected chi connectivity index (χ4v) is 2.12. The first-order valence-corrected chi connectivity index (χ1v) is 6.73. The van der Waals surface area contributed by atoms with Gasteiger partial charge in [0.2, 0.25) is 0 Å². The van der Waals surface area contributed by atoms with E-state index in [1.807, 2.05) is 18.2 Å². The zero-order valence-electron chi connectivity index (χ0n) is 11.0. The number of allylic oxidation sites excluding steroid dienone is 1. The van der Waals surface area contributed by atoms with Gasteiger partial charge in [-0.2, -0.15) is 0 Å². The van der Waals surface area contributed by atoms with Crippen LogP contribution in [0.3, 0.4) is 0 Å². The molecule has 0 saturated carbocycles. The van der Waals surface area contributed by atoms with E-state index >= 15 is 0 Å². The molecule has 0 radical (unpaired) electrons. The van der Waals surface area contributed by atoms with E-state index in [4.69, 9.17) is 10.5 Å². The number of ether oxygens (including phenoxy) is 1. The highest BCUT2D eigenvalue weighted by Gasteiger charge is 2.10. The molecule has 0 saturated heterocycles. The standard InChI is InChI=1S/C15H22N2O/c1-2-10-18-15-11-13(8-9-14(15)16)17-12-6-4-3-5-7-12/h3-4,8-9,11-12,17H,2,5-7,10,16H2,1H3. The largest absolute Gasteiger partial charge is 0.491 e. The molecule has 3 nitrogen and oxygen atoms in total. The van der Waals surface area contributed by atoms with E-state index in [-0.39, 0.29) is 0 Å². The van der Waals surface area contributed by atoms with Crippen molar-refractivity contribution in [2.75, 3.05) is 17.7 Å². The molecular weight excluding hydrogens is 224 g/mol. The van der Waals surface area contributed by atoms with Gasteiger partial charge in [0.15, 0.2) is 0 Å². The Morgan fingerprint density at radius 3 is 3.00 bits per heavy atom. The van der Waals surface area contributed by atoms with Gasteiger partial charge in [-0.1, -0.05) is 19.1 Å². The van der Waals surface area contributed by atoms with Crippen LogP contribution in [0.15, 0.2) is 30.4 Å². The van der Waals surface area contributed by atoms with E-state index in [0.717, 1.165) is 30.7 Å². The molecule has 1 aliphatic rings. The van der Waals surface area contributed by atoms with E-state index in [1.54, 1.807) is 0 Å². The summed E-state index contributed by atoms with van der Waals surface area (Å²) in [5, 5.41) is 3.54. The van der Waals surface area contributed by atoms with Crippen LogP contribution in [0.4, 0.5) is 11.4 Å². The van der Waals surface area contributed by atoms with Crippen LogP contribution in [0.2, 0.25) is 0 Å². The van der Waals surface area contributed by atoms with Crippen LogP contribution in [0.25, 0.3) is 0 Å². The fraction of sp³-hybridized carbons (Fsp3) is 0.467. The number of rotatable bonds is 5. The van der Waals surface area contributed by atoms with Gasteiger partial charge in [0.05, 0.1) is 12.3 Å². The number of nitrogens with one attached hydrogen (secondary N) is 1. The lowest BCUT2D eigenvalue weighted by Crippen LogP contribution is -2.20. The van der Waals surface area contributed by atoms with Gasteiger partial charge in [-0.25, -0.2) is 0 Å². The average Bonchev–Trinajstić information content (AvgIpc) is 2.40. The van der Waals surface area contributed by atoms with Crippen molar-refractivity contribution in [1.29, 1.82) is 0 Å². The molecule has 1 atom stereocenters. The third-order valence-corrected chi connectivity index (χ3v) is 3.12. The number of nitrogen functional groups attached to an aromatic ring is 1. The Morgan fingerprint density at radius 1 is 1.39 bits per heavy atom. The summed E-state index contributed by atoms with van der Waals surface area (Å²) in [7, 11) is 0. The minimum Gasteiger partial charge on any atom is -0.491 e. The average molecular weight is 246 g/mol. The molecule has 98 valence electrons. The van der Waals surface area contributed by atoms with Crippen molar-refractivity contribution in [1.82, 2.24) is 0 Å². The number of hydrogen-bond acceptors (Lipinski definition) is 3. The molecule has 0 amide bonds. The first kappa shape index (κ1) is 12.8. The second kappa shape index (κ2) is 6.34. The lowest BCUT2D eigenvalue weighted by molar-refractivity contribution is 0.319. The van der Waals surface area contributed by atoms with E-state index in [1.165, 1.54) is 6.42 Å². The summed E-state index contributed by atoms with van der Waals surface area (Å²) in [5.41, 5.74) is 7.70.